The van der Waals surface area contributed by atoms with Gasteiger partial charge in [-0.3, -0.25) is 15.0 Å². The number of nitrogens with one attached hydrogen (secondary N) is 2. The summed E-state index contributed by atoms with van der Waals surface area (Å²) in [4.78, 5) is 38.0. The Hall–Kier alpha value is -2.67. The number of nitrogens with zero attached hydrogens (tertiary/aromatic N) is 1. The fourth-order valence-electron chi connectivity index (χ4n) is 2.80. The SMILES string of the molecule is CCC1(c2ccccc2)NC(=O)N(NC(=O)c2sccc2C)C1=O. The average molecular weight is 343 g/mol. The Morgan fingerprint density at radius 3 is 2.54 bits per heavy atom. The first-order valence-electron chi connectivity index (χ1n) is 7.57. The van der Waals surface area contributed by atoms with Gasteiger partial charge < -0.3 is 5.32 Å². The van der Waals surface area contributed by atoms with Crippen molar-refractivity contribution >= 4 is 29.2 Å². The van der Waals surface area contributed by atoms with Gasteiger partial charge in [-0.1, -0.05) is 37.3 Å². The molecular weight excluding hydrogens is 326 g/mol. The van der Waals surface area contributed by atoms with E-state index in [4.69, 9.17) is 0 Å². The first-order valence-corrected chi connectivity index (χ1v) is 8.45. The van der Waals surface area contributed by atoms with E-state index in [1.54, 1.807) is 24.4 Å². The molecule has 124 valence electrons. The van der Waals surface area contributed by atoms with Gasteiger partial charge in [0, 0.05) is 0 Å². The van der Waals surface area contributed by atoms with Gasteiger partial charge >= 0.3 is 6.03 Å². The van der Waals surface area contributed by atoms with Gasteiger partial charge in [-0.2, -0.15) is 5.01 Å². The van der Waals surface area contributed by atoms with Crippen molar-refractivity contribution in [1.29, 1.82) is 0 Å². The Labute approximate surface area is 143 Å². The lowest BCUT2D eigenvalue weighted by Crippen LogP contribution is -2.48. The van der Waals surface area contributed by atoms with Gasteiger partial charge in [0.25, 0.3) is 11.8 Å². The molecule has 1 aliphatic rings. The third kappa shape index (κ3) is 2.46. The zero-order valence-corrected chi connectivity index (χ0v) is 14.1. The van der Waals surface area contributed by atoms with Crippen LogP contribution in [-0.4, -0.2) is 22.9 Å². The quantitative estimate of drug-likeness (QED) is 0.838. The van der Waals surface area contributed by atoms with Gasteiger partial charge in [0.15, 0.2) is 0 Å². The molecule has 6 nitrogen and oxygen atoms in total. The van der Waals surface area contributed by atoms with Crippen molar-refractivity contribution in [2.45, 2.75) is 25.8 Å². The van der Waals surface area contributed by atoms with E-state index in [1.807, 2.05) is 31.2 Å². The Morgan fingerprint density at radius 1 is 1.25 bits per heavy atom. The summed E-state index contributed by atoms with van der Waals surface area (Å²) in [5.74, 6) is -0.949. The lowest BCUT2D eigenvalue weighted by atomic mass is 9.87. The van der Waals surface area contributed by atoms with Crippen molar-refractivity contribution in [2.75, 3.05) is 0 Å². The molecule has 2 N–H and O–H groups in total. The van der Waals surface area contributed by atoms with E-state index < -0.39 is 23.4 Å². The molecule has 1 aliphatic heterocycles. The zero-order valence-electron chi connectivity index (χ0n) is 13.3. The molecule has 7 heteroatoms. The van der Waals surface area contributed by atoms with E-state index >= 15 is 0 Å². The second-order valence-electron chi connectivity index (χ2n) is 5.57. The number of rotatable bonds is 4. The molecule has 0 bridgehead atoms. The van der Waals surface area contributed by atoms with E-state index in [-0.39, 0.29) is 0 Å². The third-order valence-electron chi connectivity index (χ3n) is 4.17. The van der Waals surface area contributed by atoms with Crippen molar-refractivity contribution < 1.29 is 14.4 Å². The minimum absolute atomic E-state index is 0.381. The van der Waals surface area contributed by atoms with Crippen LogP contribution in [-0.2, 0) is 10.3 Å². The molecule has 1 unspecified atom stereocenters. The van der Waals surface area contributed by atoms with Crippen molar-refractivity contribution in [3.63, 3.8) is 0 Å². The third-order valence-corrected chi connectivity index (χ3v) is 5.19. The summed E-state index contributed by atoms with van der Waals surface area (Å²) in [5, 5.41) is 5.29. The van der Waals surface area contributed by atoms with E-state index in [0.29, 0.717) is 16.9 Å². The maximum atomic E-state index is 12.9. The fourth-order valence-corrected chi connectivity index (χ4v) is 3.61. The minimum atomic E-state index is -1.16. The van der Waals surface area contributed by atoms with Crippen LogP contribution in [0.2, 0.25) is 0 Å². The van der Waals surface area contributed by atoms with Crippen molar-refractivity contribution in [2.24, 2.45) is 0 Å². The summed E-state index contributed by atoms with van der Waals surface area (Å²) in [5.41, 5.74) is 2.76. The highest BCUT2D eigenvalue weighted by molar-refractivity contribution is 7.12. The summed E-state index contributed by atoms with van der Waals surface area (Å²) < 4.78 is 0. The lowest BCUT2D eigenvalue weighted by Gasteiger charge is -2.25. The van der Waals surface area contributed by atoms with E-state index in [2.05, 4.69) is 10.7 Å². The topological polar surface area (TPSA) is 78.5 Å². The molecule has 1 fully saturated rings. The molecule has 1 saturated heterocycles. The van der Waals surface area contributed by atoms with Crippen LogP contribution in [0.3, 0.4) is 0 Å². The number of amides is 4. The molecule has 0 saturated carbocycles. The Balaban J connectivity index is 1.89. The molecule has 0 spiro atoms. The standard InChI is InChI=1S/C17H17N3O3S/c1-3-17(12-7-5-4-6-8-12)15(22)20(16(23)18-17)19-14(21)13-11(2)9-10-24-13/h4-10H,3H2,1-2H3,(H,18,23)(H,19,21). The van der Waals surface area contributed by atoms with Crippen LogP contribution in [0.1, 0.15) is 34.1 Å². The molecule has 0 radical (unpaired) electrons. The summed E-state index contributed by atoms with van der Waals surface area (Å²) in [6.45, 7) is 3.62. The number of carbonyl (C=O) groups is 3. The van der Waals surface area contributed by atoms with Gasteiger partial charge in [0.1, 0.15) is 5.54 Å². The van der Waals surface area contributed by atoms with E-state index in [1.165, 1.54) is 11.3 Å². The lowest BCUT2D eigenvalue weighted by molar-refractivity contribution is -0.133. The highest BCUT2D eigenvalue weighted by Crippen LogP contribution is 2.31. The molecule has 3 rings (SSSR count). The smallest absolute Gasteiger partial charge is 0.318 e. The largest absolute Gasteiger partial charge is 0.344 e. The van der Waals surface area contributed by atoms with E-state index in [9.17, 15) is 14.4 Å². The van der Waals surface area contributed by atoms with Gasteiger partial charge in [0.05, 0.1) is 4.88 Å². The van der Waals surface area contributed by atoms with Gasteiger partial charge in [-0.05, 0) is 35.9 Å². The fraction of sp³-hybridized carbons (Fsp3) is 0.235. The number of hydrogen-bond acceptors (Lipinski definition) is 4. The zero-order chi connectivity index (χ0) is 17.3. The number of benzene rings is 1. The van der Waals surface area contributed by atoms with Crippen molar-refractivity contribution in [3.8, 4) is 0 Å². The molecule has 4 amide bonds. The first-order chi connectivity index (χ1) is 11.5. The number of imide groups is 1. The van der Waals surface area contributed by atoms with Crippen LogP contribution >= 0.6 is 11.3 Å². The predicted octanol–water partition coefficient (Wildman–Crippen LogP) is 2.56. The van der Waals surface area contributed by atoms with Gasteiger partial charge in [-0.25, -0.2) is 4.79 Å². The van der Waals surface area contributed by atoms with Crippen LogP contribution in [0.5, 0.6) is 0 Å². The molecule has 1 aromatic carbocycles. The second kappa shape index (κ2) is 6.09. The summed E-state index contributed by atoms with van der Waals surface area (Å²) in [6.07, 6.45) is 0.381. The summed E-state index contributed by atoms with van der Waals surface area (Å²) in [7, 11) is 0. The second-order valence-corrected chi connectivity index (χ2v) is 6.49. The molecular formula is C17H17N3O3S. The van der Waals surface area contributed by atoms with E-state index in [0.717, 1.165) is 10.6 Å². The highest BCUT2D eigenvalue weighted by atomic mass is 32.1. The van der Waals surface area contributed by atoms with Crippen LogP contribution in [0.25, 0.3) is 0 Å². The normalized spacial score (nSPS) is 20.2. The van der Waals surface area contributed by atoms with Crippen LogP contribution in [0.15, 0.2) is 41.8 Å². The molecule has 2 aromatic rings. The maximum Gasteiger partial charge on any atom is 0.344 e. The molecule has 0 aliphatic carbocycles. The monoisotopic (exact) mass is 343 g/mol. The maximum absolute atomic E-state index is 12.9. The number of hydrogen-bond donors (Lipinski definition) is 2. The van der Waals surface area contributed by atoms with Crippen LogP contribution < -0.4 is 10.7 Å². The summed E-state index contributed by atoms with van der Waals surface area (Å²) in [6, 6.07) is 10.2. The summed E-state index contributed by atoms with van der Waals surface area (Å²) >= 11 is 1.26. The van der Waals surface area contributed by atoms with Gasteiger partial charge in [0.2, 0.25) is 0 Å². The van der Waals surface area contributed by atoms with Crippen LogP contribution in [0.4, 0.5) is 4.79 Å². The highest BCUT2D eigenvalue weighted by Gasteiger charge is 2.52. The predicted molar refractivity (Wildman–Crippen MR) is 90.3 cm³/mol. The Bertz CT molecular complexity index is 802. The molecule has 1 aromatic heterocycles. The number of aryl methyl sites for hydroxylation is 1. The average Bonchev–Trinajstić information content (AvgIpc) is 3.12. The molecule has 2 heterocycles. The number of thiophene rings is 1. The Kier molecular flexibility index (Phi) is 4.11. The van der Waals surface area contributed by atoms with Crippen LogP contribution in [0, 0.1) is 6.92 Å². The molecule has 1 atom stereocenters. The van der Waals surface area contributed by atoms with Gasteiger partial charge in [-0.15, -0.1) is 11.3 Å². The first kappa shape index (κ1) is 16.2. The van der Waals surface area contributed by atoms with Crippen molar-refractivity contribution in [3.05, 3.63) is 57.8 Å². The molecule has 24 heavy (non-hydrogen) atoms. The Morgan fingerprint density at radius 2 is 1.96 bits per heavy atom. The number of hydrazine groups is 1. The number of carbonyl (C=O) groups excluding carboxylic acids is 3. The van der Waals surface area contributed by atoms with Crippen molar-refractivity contribution in [1.82, 2.24) is 15.8 Å². The minimum Gasteiger partial charge on any atom is -0.318 e. The number of urea groups is 1.